The molecule has 1 heterocycles. The van der Waals surface area contributed by atoms with Gasteiger partial charge in [0.05, 0.1) is 0 Å². The second-order valence-corrected chi connectivity index (χ2v) is 5.18. The van der Waals surface area contributed by atoms with E-state index in [1.807, 2.05) is 13.0 Å². The van der Waals surface area contributed by atoms with E-state index in [0.29, 0.717) is 25.4 Å². The average molecular weight is 264 g/mol. The summed E-state index contributed by atoms with van der Waals surface area (Å²) in [6.07, 6.45) is 8.71. The number of carbonyl (C=O) groups is 2. The molecule has 1 rings (SSSR count). The van der Waals surface area contributed by atoms with Gasteiger partial charge in [-0.2, -0.15) is 0 Å². The van der Waals surface area contributed by atoms with Crippen molar-refractivity contribution in [2.24, 2.45) is 5.92 Å². The maximum absolute atomic E-state index is 11.5. The van der Waals surface area contributed by atoms with E-state index in [4.69, 9.17) is 0 Å². The second kappa shape index (κ2) is 7.77. The molecule has 19 heavy (non-hydrogen) atoms. The third-order valence-corrected chi connectivity index (χ3v) is 2.96. The predicted molar refractivity (Wildman–Crippen MR) is 76.7 cm³/mol. The summed E-state index contributed by atoms with van der Waals surface area (Å²) in [7, 11) is 0. The first-order chi connectivity index (χ1) is 9.02. The van der Waals surface area contributed by atoms with Gasteiger partial charge in [-0.3, -0.25) is 10.1 Å². The van der Waals surface area contributed by atoms with Crippen LogP contribution in [0.3, 0.4) is 0 Å². The molecule has 0 aromatic heterocycles. The molecule has 0 unspecified atom stereocenters. The second-order valence-electron chi connectivity index (χ2n) is 5.18. The lowest BCUT2D eigenvalue weighted by Gasteiger charge is -2.26. The molecule has 4 heteroatoms. The molecule has 1 aliphatic rings. The first-order valence-corrected chi connectivity index (χ1v) is 6.95. The van der Waals surface area contributed by atoms with Gasteiger partial charge < -0.3 is 4.90 Å². The van der Waals surface area contributed by atoms with Crippen LogP contribution in [-0.4, -0.2) is 29.9 Å². The number of nitrogens with one attached hydrogen (secondary N) is 1. The van der Waals surface area contributed by atoms with Crippen molar-refractivity contribution in [3.05, 3.63) is 23.8 Å². The Hall–Kier alpha value is -1.58. The van der Waals surface area contributed by atoms with Crippen molar-refractivity contribution in [2.45, 2.75) is 40.0 Å². The molecular weight excluding hydrogens is 240 g/mol. The Morgan fingerprint density at radius 3 is 2.74 bits per heavy atom. The van der Waals surface area contributed by atoms with Gasteiger partial charge in [0, 0.05) is 19.5 Å². The molecule has 0 aliphatic carbocycles. The fourth-order valence-corrected chi connectivity index (χ4v) is 2.15. The van der Waals surface area contributed by atoms with Crippen molar-refractivity contribution in [3.63, 3.8) is 0 Å². The van der Waals surface area contributed by atoms with Crippen LogP contribution in [0.15, 0.2) is 23.8 Å². The SMILES string of the molecule is C/C=C\C(=C/C(C)C)CCCN1CCC(=O)NC1=O. The van der Waals surface area contributed by atoms with Crippen LogP contribution in [0, 0.1) is 5.92 Å². The Morgan fingerprint density at radius 2 is 2.16 bits per heavy atom. The van der Waals surface area contributed by atoms with Gasteiger partial charge in [-0.05, 0) is 25.7 Å². The van der Waals surface area contributed by atoms with Gasteiger partial charge in [0.1, 0.15) is 0 Å². The Labute approximate surface area is 115 Å². The molecule has 0 saturated carbocycles. The number of imide groups is 1. The Kier molecular flexibility index (Phi) is 6.33. The topological polar surface area (TPSA) is 49.4 Å². The summed E-state index contributed by atoms with van der Waals surface area (Å²) >= 11 is 0. The molecular formula is C15H24N2O2. The van der Waals surface area contributed by atoms with Crippen molar-refractivity contribution in [3.8, 4) is 0 Å². The molecule has 1 N–H and O–H groups in total. The first-order valence-electron chi connectivity index (χ1n) is 6.95. The van der Waals surface area contributed by atoms with Crippen LogP contribution in [0.5, 0.6) is 0 Å². The molecule has 106 valence electrons. The number of nitrogens with zero attached hydrogens (tertiary/aromatic N) is 1. The van der Waals surface area contributed by atoms with Crippen LogP contribution in [0.1, 0.15) is 40.0 Å². The van der Waals surface area contributed by atoms with Crippen LogP contribution < -0.4 is 5.32 Å². The lowest BCUT2D eigenvalue weighted by molar-refractivity contribution is -0.121. The smallest absolute Gasteiger partial charge is 0.324 e. The number of hydrogen-bond acceptors (Lipinski definition) is 2. The molecule has 1 saturated heterocycles. The van der Waals surface area contributed by atoms with Crippen molar-refractivity contribution >= 4 is 11.9 Å². The number of urea groups is 1. The number of rotatable bonds is 6. The minimum atomic E-state index is -0.253. The van der Waals surface area contributed by atoms with Gasteiger partial charge in [-0.15, -0.1) is 0 Å². The summed E-state index contributed by atoms with van der Waals surface area (Å²) in [5.41, 5.74) is 1.31. The standard InChI is InChI=1S/C15H24N2O2/c1-4-6-13(11-12(2)3)7-5-9-17-10-8-14(18)16-15(17)19/h4,6,11-12H,5,7-10H2,1-3H3,(H,16,18,19)/b6-4-,13-11+. The molecule has 0 atom stereocenters. The maximum atomic E-state index is 11.5. The fourth-order valence-electron chi connectivity index (χ4n) is 2.15. The van der Waals surface area contributed by atoms with E-state index in [1.165, 1.54) is 5.57 Å². The molecule has 1 fully saturated rings. The van der Waals surface area contributed by atoms with Crippen molar-refractivity contribution in [1.29, 1.82) is 0 Å². The van der Waals surface area contributed by atoms with Crippen molar-refractivity contribution in [2.75, 3.05) is 13.1 Å². The zero-order valence-corrected chi connectivity index (χ0v) is 12.1. The van der Waals surface area contributed by atoms with E-state index in [-0.39, 0.29) is 11.9 Å². The van der Waals surface area contributed by atoms with Gasteiger partial charge in [0.15, 0.2) is 0 Å². The molecule has 0 aromatic carbocycles. The van der Waals surface area contributed by atoms with Crippen LogP contribution >= 0.6 is 0 Å². The van der Waals surface area contributed by atoms with Crippen LogP contribution in [0.4, 0.5) is 4.79 Å². The van der Waals surface area contributed by atoms with Gasteiger partial charge in [-0.1, -0.05) is 37.6 Å². The monoisotopic (exact) mass is 264 g/mol. The van der Waals surface area contributed by atoms with Crippen molar-refractivity contribution < 1.29 is 9.59 Å². The highest BCUT2D eigenvalue weighted by Gasteiger charge is 2.21. The number of amides is 3. The maximum Gasteiger partial charge on any atom is 0.324 e. The molecule has 0 spiro atoms. The van der Waals surface area contributed by atoms with Crippen LogP contribution in [0.25, 0.3) is 0 Å². The van der Waals surface area contributed by atoms with E-state index < -0.39 is 0 Å². The molecule has 4 nitrogen and oxygen atoms in total. The minimum Gasteiger partial charge on any atom is -0.324 e. The van der Waals surface area contributed by atoms with Crippen LogP contribution in [-0.2, 0) is 4.79 Å². The van der Waals surface area contributed by atoms with E-state index in [1.54, 1.807) is 4.90 Å². The summed E-state index contributed by atoms with van der Waals surface area (Å²) in [5, 5.41) is 2.34. The average Bonchev–Trinajstić information content (AvgIpc) is 2.31. The lowest BCUT2D eigenvalue weighted by Crippen LogP contribution is -2.49. The van der Waals surface area contributed by atoms with E-state index >= 15 is 0 Å². The zero-order chi connectivity index (χ0) is 14.3. The number of hydrogen-bond donors (Lipinski definition) is 1. The summed E-state index contributed by atoms with van der Waals surface area (Å²) in [4.78, 5) is 24.3. The zero-order valence-electron chi connectivity index (χ0n) is 12.1. The third kappa shape index (κ3) is 5.73. The van der Waals surface area contributed by atoms with Gasteiger partial charge in [-0.25, -0.2) is 4.79 Å². The first kappa shape index (κ1) is 15.5. The summed E-state index contributed by atoms with van der Waals surface area (Å²) in [6.45, 7) is 7.57. The highest BCUT2D eigenvalue weighted by Crippen LogP contribution is 2.12. The molecule has 0 bridgehead atoms. The molecule has 0 radical (unpaired) electrons. The number of carbonyl (C=O) groups excluding carboxylic acids is 2. The molecule has 3 amide bonds. The van der Waals surface area contributed by atoms with E-state index in [9.17, 15) is 9.59 Å². The third-order valence-electron chi connectivity index (χ3n) is 2.96. The highest BCUT2D eigenvalue weighted by atomic mass is 16.2. The van der Waals surface area contributed by atoms with Gasteiger partial charge in [0.25, 0.3) is 0 Å². The summed E-state index contributed by atoms with van der Waals surface area (Å²) in [6, 6.07) is -0.253. The van der Waals surface area contributed by atoms with E-state index in [2.05, 4.69) is 31.3 Å². The fraction of sp³-hybridized carbons (Fsp3) is 0.600. The Balaban J connectivity index is 2.40. The number of allylic oxidation sites excluding steroid dienone is 4. The summed E-state index contributed by atoms with van der Waals surface area (Å²) < 4.78 is 0. The van der Waals surface area contributed by atoms with Crippen molar-refractivity contribution in [1.82, 2.24) is 10.2 Å². The highest BCUT2D eigenvalue weighted by molar-refractivity contribution is 5.96. The quantitative estimate of drug-likeness (QED) is 0.750. The van der Waals surface area contributed by atoms with Gasteiger partial charge >= 0.3 is 6.03 Å². The summed E-state index contributed by atoms with van der Waals surface area (Å²) in [5.74, 6) is 0.359. The normalized spacial score (nSPS) is 17.5. The molecule has 0 aromatic rings. The Bertz CT molecular complexity index is 384. The van der Waals surface area contributed by atoms with E-state index in [0.717, 1.165) is 12.8 Å². The van der Waals surface area contributed by atoms with Crippen LogP contribution in [0.2, 0.25) is 0 Å². The minimum absolute atomic E-state index is 0.171. The molecule has 1 aliphatic heterocycles. The Morgan fingerprint density at radius 1 is 1.42 bits per heavy atom. The lowest BCUT2D eigenvalue weighted by atomic mass is 10.0. The predicted octanol–water partition coefficient (Wildman–Crippen LogP) is 2.87. The largest absolute Gasteiger partial charge is 0.324 e. The van der Waals surface area contributed by atoms with Gasteiger partial charge in [0.2, 0.25) is 5.91 Å².